The molecule has 0 aliphatic carbocycles. The van der Waals surface area contributed by atoms with Crippen LogP contribution in [0.15, 0.2) is 56.4 Å². The zero-order chi connectivity index (χ0) is 18.6. The van der Waals surface area contributed by atoms with E-state index in [4.69, 9.17) is 14.0 Å². The van der Waals surface area contributed by atoms with Crippen molar-refractivity contribution in [3.63, 3.8) is 0 Å². The van der Waals surface area contributed by atoms with Crippen LogP contribution < -0.4 is 4.74 Å². The van der Waals surface area contributed by atoms with Gasteiger partial charge in [0.15, 0.2) is 0 Å². The number of aromatic nitrogens is 4. The molecule has 0 bridgehead atoms. The smallest absolute Gasteiger partial charge is 0.263 e. The van der Waals surface area contributed by atoms with Gasteiger partial charge in [0.05, 0.1) is 27.6 Å². The minimum Gasteiger partial charge on any atom is -0.474 e. The number of oxime groups is 1. The maximum Gasteiger partial charge on any atom is 0.263 e. The van der Waals surface area contributed by atoms with Crippen molar-refractivity contribution in [3.05, 3.63) is 64.0 Å². The van der Waals surface area contributed by atoms with Crippen LogP contribution in [0.2, 0.25) is 0 Å². The normalized spacial score (nSPS) is 12.5. The van der Waals surface area contributed by atoms with E-state index in [2.05, 4.69) is 41.3 Å². The number of hydrogen-bond donors (Lipinski definition) is 0. The molecule has 3 heterocycles. The Kier molecular flexibility index (Phi) is 5.07. The van der Waals surface area contributed by atoms with Crippen LogP contribution in [-0.2, 0) is 4.84 Å². The maximum absolute atomic E-state index is 6.15. The molecule has 4 aromatic rings. The highest BCUT2D eigenvalue weighted by Gasteiger charge is 2.24. The summed E-state index contributed by atoms with van der Waals surface area (Å²) in [5.74, 6) is 0.940. The van der Waals surface area contributed by atoms with Gasteiger partial charge in [-0.05, 0) is 40.2 Å². The zero-order valence-corrected chi connectivity index (χ0v) is 16.3. The van der Waals surface area contributed by atoms with Crippen LogP contribution in [0.25, 0.3) is 10.2 Å². The molecular weight excluding hydrogens is 434 g/mol. The third-order valence-electron chi connectivity index (χ3n) is 3.63. The summed E-state index contributed by atoms with van der Waals surface area (Å²) in [4.78, 5) is 13.5. The van der Waals surface area contributed by atoms with Crippen LogP contribution in [0.4, 0.5) is 0 Å². The number of hydrogen-bond acceptors (Lipinski definition) is 9. The molecule has 3 aromatic heterocycles. The molecule has 8 nitrogen and oxygen atoms in total. The summed E-state index contributed by atoms with van der Waals surface area (Å²) in [6.45, 7) is 0. The number of rotatable bonds is 6. The van der Waals surface area contributed by atoms with Crippen molar-refractivity contribution < 1.29 is 14.0 Å². The zero-order valence-electron chi connectivity index (χ0n) is 13.9. The van der Waals surface area contributed by atoms with Gasteiger partial charge in [-0.25, -0.2) is 4.98 Å². The lowest BCUT2D eigenvalue weighted by Gasteiger charge is -2.16. The van der Waals surface area contributed by atoms with Crippen LogP contribution in [-0.4, -0.2) is 33.5 Å². The fourth-order valence-corrected chi connectivity index (χ4v) is 3.43. The van der Waals surface area contributed by atoms with Gasteiger partial charge in [0.1, 0.15) is 12.9 Å². The molecule has 0 saturated carbocycles. The Morgan fingerprint density at radius 3 is 3.04 bits per heavy atom. The minimum absolute atomic E-state index is 0.295. The Labute approximate surface area is 166 Å². The number of nitrogens with zero attached hydrogens (tertiary/aromatic N) is 5. The molecule has 0 N–H and O–H groups in total. The first kappa shape index (κ1) is 17.6. The van der Waals surface area contributed by atoms with Gasteiger partial charge in [-0.1, -0.05) is 5.16 Å². The Morgan fingerprint density at radius 2 is 2.22 bits per heavy atom. The highest BCUT2D eigenvalue weighted by atomic mass is 79.9. The molecule has 136 valence electrons. The van der Waals surface area contributed by atoms with Gasteiger partial charge in [0.25, 0.3) is 5.89 Å². The minimum atomic E-state index is -0.680. The third-order valence-corrected chi connectivity index (χ3v) is 5.08. The average molecular weight is 446 g/mol. The van der Waals surface area contributed by atoms with Gasteiger partial charge in [-0.2, -0.15) is 0 Å². The summed E-state index contributed by atoms with van der Waals surface area (Å²) < 4.78 is 13.3. The van der Waals surface area contributed by atoms with Gasteiger partial charge in [-0.15, -0.1) is 21.5 Å². The highest BCUT2D eigenvalue weighted by molar-refractivity contribution is 9.10. The van der Waals surface area contributed by atoms with Crippen LogP contribution in [0.1, 0.15) is 23.3 Å². The molecule has 0 radical (unpaired) electrons. The molecule has 0 aliphatic heterocycles. The number of halogens is 1. The quantitative estimate of drug-likeness (QED) is 0.327. The predicted molar refractivity (Wildman–Crippen MR) is 103 cm³/mol. The maximum atomic E-state index is 6.15. The number of benzene rings is 1. The van der Waals surface area contributed by atoms with Gasteiger partial charge in [0, 0.05) is 16.2 Å². The molecule has 0 aliphatic rings. The van der Waals surface area contributed by atoms with E-state index in [-0.39, 0.29) is 0 Å². The number of ether oxygens (including phenoxy) is 1. The van der Waals surface area contributed by atoms with E-state index < -0.39 is 6.10 Å². The lowest BCUT2D eigenvalue weighted by atomic mass is 10.1. The molecule has 0 spiro atoms. The summed E-state index contributed by atoms with van der Waals surface area (Å²) in [5, 5.41) is 11.5. The largest absolute Gasteiger partial charge is 0.474 e. The lowest BCUT2D eigenvalue weighted by Crippen LogP contribution is -2.12. The van der Waals surface area contributed by atoms with Crippen molar-refractivity contribution in [2.75, 3.05) is 7.11 Å². The first-order valence-corrected chi connectivity index (χ1v) is 9.40. The van der Waals surface area contributed by atoms with Crippen LogP contribution in [0.5, 0.6) is 5.75 Å². The Balaban J connectivity index is 1.72. The van der Waals surface area contributed by atoms with Gasteiger partial charge >= 0.3 is 0 Å². The molecule has 0 saturated heterocycles. The van der Waals surface area contributed by atoms with E-state index in [1.807, 2.05) is 24.3 Å². The standard InChI is InChI=1S/C17H12BrN5O3S/c1-24-22-6-10-4-14(19-7-12(10)18)16(17-23-21-8-25-17)26-11-2-3-13-15(5-11)27-9-20-13/h2-9,16H,1H3/b22-6+. The molecule has 1 unspecified atom stereocenters. The molecule has 27 heavy (non-hydrogen) atoms. The summed E-state index contributed by atoms with van der Waals surface area (Å²) in [5.41, 5.74) is 4.07. The molecule has 0 fully saturated rings. The van der Waals surface area contributed by atoms with Crippen molar-refractivity contribution in [1.82, 2.24) is 20.2 Å². The topological polar surface area (TPSA) is 95.5 Å². The third kappa shape index (κ3) is 3.81. The first-order chi connectivity index (χ1) is 13.2. The fraction of sp³-hybridized carbons (Fsp3) is 0.118. The Hall–Kier alpha value is -2.85. The van der Waals surface area contributed by atoms with Crippen LogP contribution >= 0.6 is 27.3 Å². The van der Waals surface area contributed by atoms with Crippen molar-refractivity contribution in [1.29, 1.82) is 0 Å². The van der Waals surface area contributed by atoms with Crippen LogP contribution in [0.3, 0.4) is 0 Å². The highest BCUT2D eigenvalue weighted by Crippen LogP contribution is 2.30. The monoisotopic (exact) mass is 445 g/mol. The molecule has 0 amide bonds. The Morgan fingerprint density at radius 1 is 1.30 bits per heavy atom. The number of thiazole rings is 1. The van der Waals surface area contributed by atoms with Crippen molar-refractivity contribution in [2.24, 2.45) is 5.16 Å². The van der Waals surface area contributed by atoms with E-state index >= 15 is 0 Å². The van der Waals surface area contributed by atoms with E-state index in [0.717, 1.165) is 20.3 Å². The summed E-state index contributed by atoms with van der Waals surface area (Å²) in [7, 11) is 1.48. The molecule has 1 aromatic carbocycles. The van der Waals surface area contributed by atoms with E-state index in [9.17, 15) is 0 Å². The molecule has 1 atom stereocenters. The summed E-state index contributed by atoms with van der Waals surface area (Å²) in [6.07, 6.45) is 3.81. The van der Waals surface area contributed by atoms with Crippen LogP contribution in [0, 0.1) is 0 Å². The Bertz CT molecular complexity index is 1080. The van der Waals surface area contributed by atoms with Crippen molar-refractivity contribution in [3.8, 4) is 5.75 Å². The second-order valence-electron chi connectivity index (χ2n) is 5.30. The van der Waals surface area contributed by atoms with E-state index in [0.29, 0.717) is 17.3 Å². The average Bonchev–Trinajstić information content (AvgIpc) is 3.37. The summed E-state index contributed by atoms with van der Waals surface area (Å²) >= 11 is 4.98. The van der Waals surface area contributed by atoms with Gasteiger partial charge < -0.3 is 14.0 Å². The number of fused-ring (bicyclic) bond motifs is 1. The lowest BCUT2D eigenvalue weighted by molar-refractivity contribution is 0.203. The van der Waals surface area contributed by atoms with Crippen molar-refractivity contribution >= 4 is 43.7 Å². The second-order valence-corrected chi connectivity index (χ2v) is 7.05. The fourth-order valence-electron chi connectivity index (χ4n) is 2.40. The summed E-state index contributed by atoms with van der Waals surface area (Å²) in [6, 6.07) is 7.48. The molecular formula is C17H12BrN5O3S. The van der Waals surface area contributed by atoms with E-state index in [1.165, 1.54) is 24.8 Å². The first-order valence-electron chi connectivity index (χ1n) is 7.72. The molecule has 10 heteroatoms. The van der Waals surface area contributed by atoms with Gasteiger partial charge in [-0.3, -0.25) is 4.98 Å². The predicted octanol–water partition coefficient (Wildman–Crippen LogP) is 3.99. The SMILES string of the molecule is CO/N=C/c1cc(C(Oc2ccc3ncsc3c2)c2nnco2)ncc1Br. The van der Waals surface area contributed by atoms with Crippen molar-refractivity contribution in [2.45, 2.75) is 6.10 Å². The number of pyridine rings is 1. The van der Waals surface area contributed by atoms with Gasteiger partial charge in [0.2, 0.25) is 12.5 Å². The second kappa shape index (κ2) is 7.80. The molecule has 4 rings (SSSR count). The van der Waals surface area contributed by atoms with E-state index in [1.54, 1.807) is 17.9 Å².